The summed E-state index contributed by atoms with van der Waals surface area (Å²) in [6.07, 6.45) is 2.72. The molecular weight excluding hydrogens is 338 g/mol. The SMILES string of the molecule is CN1CCC(CN2CCN(c3nnc(Br)s3)CC2)CC1. The van der Waals surface area contributed by atoms with E-state index in [1.54, 1.807) is 11.3 Å². The Morgan fingerprint density at radius 1 is 1.10 bits per heavy atom. The van der Waals surface area contributed by atoms with Crippen molar-refractivity contribution in [2.24, 2.45) is 5.92 Å². The third-order valence-corrected chi connectivity index (χ3v) is 5.80. The van der Waals surface area contributed by atoms with Gasteiger partial charge in [-0.25, -0.2) is 0 Å². The minimum absolute atomic E-state index is 0.876. The molecule has 3 heterocycles. The van der Waals surface area contributed by atoms with Gasteiger partial charge in [-0.1, -0.05) is 11.3 Å². The highest BCUT2D eigenvalue weighted by Gasteiger charge is 2.23. The Labute approximate surface area is 133 Å². The van der Waals surface area contributed by atoms with Gasteiger partial charge in [-0.05, 0) is 54.8 Å². The van der Waals surface area contributed by atoms with E-state index in [1.807, 2.05) is 0 Å². The maximum atomic E-state index is 4.21. The van der Waals surface area contributed by atoms with Gasteiger partial charge in [0.2, 0.25) is 5.13 Å². The van der Waals surface area contributed by atoms with Gasteiger partial charge in [0.05, 0.1) is 0 Å². The predicted molar refractivity (Wildman–Crippen MR) is 86.5 cm³/mol. The quantitative estimate of drug-likeness (QED) is 0.821. The van der Waals surface area contributed by atoms with Gasteiger partial charge < -0.3 is 9.80 Å². The average Bonchev–Trinajstić information content (AvgIpc) is 2.89. The Morgan fingerprint density at radius 2 is 1.80 bits per heavy atom. The number of rotatable bonds is 3. The molecule has 0 bridgehead atoms. The molecule has 2 fully saturated rings. The molecule has 0 spiro atoms. The van der Waals surface area contributed by atoms with Gasteiger partial charge in [0.1, 0.15) is 0 Å². The van der Waals surface area contributed by atoms with E-state index in [9.17, 15) is 0 Å². The van der Waals surface area contributed by atoms with Crippen molar-refractivity contribution in [1.29, 1.82) is 0 Å². The van der Waals surface area contributed by atoms with Crippen LogP contribution in [-0.4, -0.2) is 72.9 Å². The summed E-state index contributed by atoms with van der Waals surface area (Å²) in [5, 5.41) is 9.30. The Hall–Kier alpha value is -0.240. The fourth-order valence-electron chi connectivity index (χ4n) is 3.06. The Bertz CT molecular complexity index is 424. The molecule has 0 radical (unpaired) electrons. The first kappa shape index (κ1) is 14.7. The van der Waals surface area contributed by atoms with E-state index in [0.29, 0.717) is 0 Å². The molecule has 7 heteroatoms. The van der Waals surface area contributed by atoms with Crippen LogP contribution in [0.5, 0.6) is 0 Å². The molecule has 20 heavy (non-hydrogen) atoms. The summed E-state index contributed by atoms with van der Waals surface area (Å²) in [5.41, 5.74) is 0. The number of halogens is 1. The van der Waals surface area contributed by atoms with Gasteiger partial charge in [-0.15, -0.1) is 10.2 Å². The number of likely N-dealkylation sites (tertiary alicyclic amines) is 1. The first-order valence-electron chi connectivity index (χ1n) is 7.35. The van der Waals surface area contributed by atoms with Crippen LogP contribution in [0.4, 0.5) is 5.13 Å². The highest BCUT2D eigenvalue weighted by molar-refractivity contribution is 9.11. The zero-order valence-electron chi connectivity index (χ0n) is 12.0. The largest absolute Gasteiger partial charge is 0.344 e. The van der Waals surface area contributed by atoms with Crippen molar-refractivity contribution in [2.75, 3.05) is 57.8 Å². The lowest BCUT2D eigenvalue weighted by Crippen LogP contribution is -2.48. The normalized spacial score (nSPS) is 23.4. The lowest BCUT2D eigenvalue weighted by molar-refractivity contribution is 0.155. The van der Waals surface area contributed by atoms with Crippen molar-refractivity contribution in [3.05, 3.63) is 3.92 Å². The van der Waals surface area contributed by atoms with Crippen LogP contribution in [0.25, 0.3) is 0 Å². The zero-order chi connectivity index (χ0) is 13.9. The highest BCUT2D eigenvalue weighted by atomic mass is 79.9. The van der Waals surface area contributed by atoms with E-state index < -0.39 is 0 Å². The summed E-state index contributed by atoms with van der Waals surface area (Å²) in [5.74, 6) is 0.897. The van der Waals surface area contributed by atoms with E-state index in [1.165, 1.54) is 32.5 Å². The number of aromatic nitrogens is 2. The van der Waals surface area contributed by atoms with E-state index >= 15 is 0 Å². The van der Waals surface area contributed by atoms with E-state index in [-0.39, 0.29) is 0 Å². The first-order chi connectivity index (χ1) is 9.70. The first-order valence-corrected chi connectivity index (χ1v) is 8.96. The maximum Gasteiger partial charge on any atom is 0.209 e. The molecule has 0 amide bonds. The molecule has 2 aliphatic rings. The maximum absolute atomic E-state index is 4.21. The molecule has 0 N–H and O–H groups in total. The molecule has 0 unspecified atom stereocenters. The van der Waals surface area contributed by atoms with Gasteiger partial charge in [-0.2, -0.15) is 0 Å². The number of anilines is 1. The summed E-state index contributed by atoms with van der Waals surface area (Å²) in [6, 6.07) is 0. The third-order valence-electron chi connectivity index (χ3n) is 4.39. The van der Waals surface area contributed by atoms with Crippen molar-refractivity contribution in [1.82, 2.24) is 20.0 Å². The fourth-order valence-corrected chi connectivity index (χ4v) is 4.20. The lowest BCUT2D eigenvalue weighted by atomic mass is 9.96. The van der Waals surface area contributed by atoms with Crippen molar-refractivity contribution in [2.45, 2.75) is 12.8 Å². The fraction of sp³-hybridized carbons (Fsp3) is 0.846. The number of hydrogen-bond donors (Lipinski definition) is 0. The second-order valence-corrected chi connectivity index (χ2v) is 8.10. The molecule has 0 aromatic carbocycles. The molecule has 1 aromatic heterocycles. The molecule has 0 atom stereocenters. The monoisotopic (exact) mass is 359 g/mol. The Kier molecular flexibility index (Phi) is 4.91. The van der Waals surface area contributed by atoms with Crippen LogP contribution in [0, 0.1) is 5.92 Å². The van der Waals surface area contributed by atoms with Crippen LogP contribution in [0.2, 0.25) is 0 Å². The number of piperazine rings is 1. The molecule has 2 aliphatic heterocycles. The highest BCUT2D eigenvalue weighted by Crippen LogP contribution is 2.25. The van der Waals surface area contributed by atoms with Crippen LogP contribution < -0.4 is 4.90 Å². The average molecular weight is 360 g/mol. The number of piperidine rings is 1. The van der Waals surface area contributed by atoms with Crippen LogP contribution in [0.3, 0.4) is 0 Å². The van der Waals surface area contributed by atoms with Gasteiger partial charge in [0.15, 0.2) is 3.92 Å². The van der Waals surface area contributed by atoms with Gasteiger partial charge in [-0.3, -0.25) is 4.90 Å². The molecule has 2 saturated heterocycles. The van der Waals surface area contributed by atoms with E-state index in [0.717, 1.165) is 41.1 Å². The molecular formula is C13H22BrN5S. The number of nitrogens with zero attached hydrogens (tertiary/aromatic N) is 5. The second-order valence-electron chi connectivity index (χ2n) is 5.87. The number of hydrogen-bond acceptors (Lipinski definition) is 6. The molecule has 0 aliphatic carbocycles. The van der Waals surface area contributed by atoms with Gasteiger partial charge in [0.25, 0.3) is 0 Å². The zero-order valence-corrected chi connectivity index (χ0v) is 14.4. The minimum Gasteiger partial charge on any atom is -0.344 e. The van der Waals surface area contributed by atoms with Crippen molar-refractivity contribution < 1.29 is 0 Å². The van der Waals surface area contributed by atoms with Crippen LogP contribution >= 0.6 is 27.3 Å². The summed E-state index contributed by atoms with van der Waals surface area (Å²) >= 11 is 5.01. The Balaban J connectivity index is 1.44. The van der Waals surface area contributed by atoms with Crippen molar-refractivity contribution in [3.8, 4) is 0 Å². The smallest absolute Gasteiger partial charge is 0.209 e. The molecule has 112 valence electrons. The van der Waals surface area contributed by atoms with Gasteiger partial charge in [0, 0.05) is 32.7 Å². The van der Waals surface area contributed by atoms with Crippen LogP contribution in [0.15, 0.2) is 3.92 Å². The van der Waals surface area contributed by atoms with Crippen molar-refractivity contribution >= 4 is 32.4 Å². The minimum atomic E-state index is 0.876. The van der Waals surface area contributed by atoms with E-state index in [2.05, 4.69) is 47.9 Å². The van der Waals surface area contributed by atoms with Crippen molar-refractivity contribution in [3.63, 3.8) is 0 Å². The molecule has 1 aromatic rings. The lowest BCUT2D eigenvalue weighted by Gasteiger charge is -2.38. The second kappa shape index (κ2) is 6.68. The standard InChI is InChI=1S/C13H22BrN5S/c1-17-4-2-11(3-5-17)10-18-6-8-19(9-7-18)13-16-15-12(14)20-13/h11H,2-10H2,1H3. The third kappa shape index (κ3) is 3.69. The van der Waals surface area contributed by atoms with Gasteiger partial charge >= 0.3 is 0 Å². The Morgan fingerprint density at radius 3 is 2.40 bits per heavy atom. The predicted octanol–water partition coefficient (Wildman–Crippen LogP) is 1.76. The molecule has 3 rings (SSSR count). The van der Waals surface area contributed by atoms with E-state index in [4.69, 9.17) is 0 Å². The van der Waals surface area contributed by atoms with Crippen LogP contribution in [0.1, 0.15) is 12.8 Å². The van der Waals surface area contributed by atoms with Crippen LogP contribution in [-0.2, 0) is 0 Å². The topological polar surface area (TPSA) is 35.5 Å². The molecule has 5 nitrogen and oxygen atoms in total. The summed E-state index contributed by atoms with van der Waals surface area (Å²) in [7, 11) is 2.23. The molecule has 0 saturated carbocycles. The summed E-state index contributed by atoms with van der Waals surface area (Å²) in [6.45, 7) is 8.28. The summed E-state index contributed by atoms with van der Waals surface area (Å²) in [4.78, 5) is 7.43. The summed E-state index contributed by atoms with van der Waals surface area (Å²) < 4.78 is 0.876.